The summed E-state index contributed by atoms with van der Waals surface area (Å²) in [5.41, 5.74) is 1.14. The van der Waals surface area contributed by atoms with Crippen LogP contribution in [0.15, 0.2) is 23.4 Å². The van der Waals surface area contributed by atoms with Crippen LogP contribution in [0.3, 0.4) is 0 Å². The van der Waals surface area contributed by atoms with Crippen molar-refractivity contribution in [2.24, 2.45) is 16.5 Å². The molecule has 2 bridgehead atoms. The number of halogens is 4. The average molecular weight is 501 g/mol. The molecule has 3 atom stereocenters. The molecule has 34 heavy (non-hydrogen) atoms. The molecule has 7 nitrogen and oxygen atoms in total. The van der Waals surface area contributed by atoms with Gasteiger partial charge in [-0.25, -0.2) is 0 Å². The van der Waals surface area contributed by atoms with E-state index in [1.807, 2.05) is 0 Å². The largest absolute Gasteiger partial charge is 0.522 e. The summed E-state index contributed by atoms with van der Waals surface area (Å²) in [4.78, 5) is 18.4. The monoisotopic (exact) mass is 500 g/mol. The van der Waals surface area contributed by atoms with Gasteiger partial charge in [0.1, 0.15) is 11.9 Å². The molecule has 4 fully saturated rings. The van der Waals surface area contributed by atoms with E-state index in [2.05, 4.69) is 15.2 Å². The molecule has 184 valence electrons. The highest BCUT2D eigenvalue weighted by Crippen LogP contribution is 2.69. The van der Waals surface area contributed by atoms with Crippen LogP contribution in [0.5, 0.6) is 5.75 Å². The molecule has 4 aliphatic carbocycles. The molecule has 4 saturated carbocycles. The Balaban J connectivity index is 0.988. The maximum Gasteiger partial charge on any atom is 0.522 e. The molecule has 0 radical (unpaired) electrons. The quantitative estimate of drug-likeness (QED) is 0.637. The summed E-state index contributed by atoms with van der Waals surface area (Å²) < 4.78 is 46.8. The molecule has 1 aromatic carbocycles. The first-order chi connectivity index (χ1) is 16.0. The first-order valence-corrected chi connectivity index (χ1v) is 11.8. The zero-order valence-corrected chi connectivity index (χ0v) is 18.9. The van der Waals surface area contributed by atoms with Crippen LogP contribution in [0.4, 0.5) is 13.2 Å². The number of rotatable bonds is 5. The smallest absolute Gasteiger partial charge is 0.480 e. The van der Waals surface area contributed by atoms with Crippen molar-refractivity contribution >= 4 is 23.2 Å². The van der Waals surface area contributed by atoms with Crippen molar-refractivity contribution < 1.29 is 37.4 Å². The lowest BCUT2D eigenvalue weighted by atomic mass is 9.37. The molecule has 2 heterocycles. The number of amides is 1. The Morgan fingerprint density at radius 2 is 1.97 bits per heavy atom. The van der Waals surface area contributed by atoms with Gasteiger partial charge < -0.3 is 20.0 Å². The van der Waals surface area contributed by atoms with Gasteiger partial charge in [-0.3, -0.25) is 9.53 Å². The van der Waals surface area contributed by atoms with Gasteiger partial charge in [0, 0.05) is 40.3 Å². The second kappa shape index (κ2) is 7.48. The second-order valence-corrected chi connectivity index (χ2v) is 10.9. The van der Waals surface area contributed by atoms with Gasteiger partial charge in [0.2, 0.25) is 0 Å². The number of nitrogens with one attached hydrogen (secondary N) is 1. The van der Waals surface area contributed by atoms with Gasteiger partial charge in [-0.2, -0.15) is 0 Å². The standard InChI is InChI=1S/C23H24ClF3N2O5/c24-12-1-2-16-14(5-12)15(30)6-18(32-16)20(31)28-22-8-21(9-22,10-22)19-7-17(34-29-19)11-3-13(4-11)33-23(25,26)27/h1-2,5,11,13,15,17-18,30H,3-4,6-10H2,(H,28,31)/t11-,13+,15-,17?,18-,21?,22?/m1/s1. The number of carbonyl (C=O) groups excluding carboxylic acids is 1. The average Bonchev–Trinajstić information content (AvgIpc) is 3.14. The number of oxime groups is 1. The summed E-state index contributed by atoms with van der Waals surface area (Å²) in [5, 5.41) is 18.3. The van der Waals surface area contributed by atoms with E-state index in [-0.39, 0.29) is 35.3 Å². The Bertz CT molecular complexity index is 1040. The van der Waals surface area contributed by atoms with Crippen LogP contribution in [0, 0.1) is 11.3 Å². The number of hydrogen-bond acceptors (Lipinski definition) is 6. The predicted molar refractivity (Wildman–Crippen MR) is 113 cm³/mol. The molecule has 6 aliphatic rings. The molecule has 0 spiro atoms. The first-order valence-electron chi connectivity index (χ1n) is 11.5. The van der Waals surface area contributed by atoms with Gasteiger partial charge in [0.05, 0.1) is 17.9 Å². The highest BCUT2D eigenvalue weighted by molar-refractivity contribution is 6.30. The zero-order valence-electron chi connectivity index (χ0n) is 18.1. The van der Waals surface area contributed by atoms with Gasteiger partial charge in [0.25, 0.3) is 5.91 Å². The number of alkyl halides is 3. The highest BCUT2D eigenvalue weighted by Gasteiger charge is 2.71. The third-order valence-corrected chi connectivity index (χ3v) is 8.25. The Hall–Kier alpha value is -2.04. The summed E-state index contributed by atoms with van der Waals surface area (Å²) in [5.74, 6) is 0.225. The lowest BCUT2D eigenvalue weighted by molar-refractivity contribution is -0.356. The van der Waals surface area contributed by atoms with E-state index in [1.165, 1.54) is 0 Å². The third-order valence-electron chi connectivity index (χ3n) is 8.01. The van der Waals surface area contributed by atoms with Crippen molar-refractivity contribution in [1.82, 2.24) is 5.32 Å². The number of hydrogen-bond donors (Lipinski definition) is 2. The SMILES string of the molecule is O=C(NC12CC(C3=NOC([C@H]4C[C@@H](OC(F)(F)F)C4)C3)(C1)C2)[C@H]1C[C@@H](O)c2cc(Cl)ccc2O1. The lowest BCUT2D eigenvalue weighted by Gasteiger charge is -2.70. The maximum absolute atomic E-state index is 12.9. The van der Waals surface area contributed by atoms with E-state index in [0.717, 1.165) is 25.0 Å². The van der Waals surface area contributed by atoms with Crippen LogP contribution in [-0.4, -0.2) is 46.9 Å². The Kier molecular flexibility index (Phi) is 4.93. The minimum absolute atomic E-state index is 0.0160. The fourth-order valence-electron chi connectivity index (χ4n) is 6.30. The zero-order chi connectivity index (χ0) is 23.9. The van der Waals surface area contributed by atoms with Gasteiger partial charge in [-0.05, 0) is 50.3 Å². The molecule has 1 unspecified atom stereocenters. The molecule has 1 aromatic rings. The topological polar surface area (TPSA) is 89.4 Å². The van der Waals surface area contributed by atoms with Crippen LogP contribution in [0.1, 0.15) is 56.6 Å². The van der Waals surface area contributed by atoms with Crippen molar-refractivity contribution in [1.29, 1.82) is 0 Å². The highest BCUT2D eigenvalue weighted by atomic mass is 35.5. The van der Waals surface area contributed by atoms with Crippen molar-refractivity contribution in [3.05, 3.63) is 28.8 Å². The fourth-order valence-corrected chi connectivity index (χ4v) is 6.49. The van der Waals surface area contributed by atoms with Crippen LogP contribution >= 0.6 is 11.6 Å². The molecule has 0 aromatic heterocycles. The summed E-state index contributed by atoms with van der Waals surface area (Å²) in [6, 6.07) is 4.96. The van der Waals surface area contributed by atoms with E-state index in [0.29, 0.717) is 35.6 Å². The van der Waals surface area contributed by atoms with Crippen molar-refractivity contribution in [2.75, 3.05) is 0 Å². The number of carbonyl (C=O) groups is 1. The third kappa shape index (κ3) is 3.74. The van der Waals surface area contributed by atoms with E-state index in [4.69, 9.17) is 21.2 Å². The van der Waals surface area contributed by atoms with Crippen LogP contribution in [-0.2, 0) is 14.4 Å². The van der Waals surface area contributed by atoms with E-state index in [1.54, 1.807) is 18.2 Å². The van der Waals surface area contributed by atoms with Crippen LogP contribution < -0.4 is 10.1 Å². The second-order valence-electron chi connectivity index (χ2n) is 10.4. The molecular weight excluding hydrogens is 477 g/mol. The molecule has 1 amide bonds. The van der Waals surface area contributed by atoms with E-state index in [9.17, 15) is 23.1 Å². The molecular formula is C23H24ClF3N2O5. The van der Waals surface area contributed by atoms with Crippen molar-refractivity contribution in [3.63, 3.8) is 0 Å². The minimum atomic E-state index is -4.60. The molecule has 11 heteroatoms. The van der Waals surface area contributed by atoms with E-state index < -0.39 is 24.7 Å². The van der Waals surface area contributed by atoms with Crippen molar-refractivity contribution in [2.45, 2.75) is 81.3 Å². The van der Waals surface area contributed by atoms with Gasteiger partial charge in [-0.1, -0.05) is 16.8 Å². The number of nitrogens with zero attached hydrogens (tertiary/aromatic N) is 1. The summed E-state index contributed by atoms with van der Waals surface area (Å²) in [6.07, 6.45) is -3.52. The number of aliphatic hydroxyl groups excluding tert-OH is 1. The number of ether oxygens (including phenoxy) is 2. The molecule has 7 rings (SSSR count). The molecule has 0 saturated heterocycles. The summed E-state index contributed by atoms with van der Waals surface area (Å²) in [6.45, 7) is 0. The Labute approximate surface area is 198 Å². The van der Waals surface area contributed by atoms with Gasteiger partial charge in [0.15, 0.2) is 6.10 Å². The normalized spacial score (nSPS) is 39.9. The number of aliphatic hydroxyl groups is 1. The van der Waals surface area contributed by atoms with Crippen molar-refractivity contribution in [3.8, 4) is 5.75 Å². The summed E-state index contributed by atoms with van der Waals surface area (Å²) >= 11 is 5.98. The van der Waals surface area contributed by atoms with Crippen LogP contribution in [0.2, 0.25) is 5.02 Å². The fraction of sp³-hybridized carbons (Fsp3) is 0.652. The van der Waals surface area contributed by atoms with Crippen LogP contribution in [0.25, 0.3) is 0 Å². The Morgan fingerprint density at radius 3 is 2.68 bits per heavy atom. The van der Waals surface area contributed by atoms with Gasteiger partial charge in [-0.15, -0.1) is 13.2 Å². The predicted octanol–water partition coefficient (Wildman–Crippen LogP) is 4.02. The molecule has 2 N–H and O–H groups in total. The number of benzene rings is 1. The first kappa shape index (κ1) is 22.4. The van der Waals surface area contributed by atoms with Gasteiger partial charge >= 0.3 is 6.36 Å². The van der Waals surface area contributed by atoms with E-state index >= 15 is 0 Å². The number of fused-ring (bicyclic) bond motifs is 1. The minimum Gasteiger partial charge on any atom is -0.480 e. The molecule has 2 aliphatic heterocycles. The lowest BCUT2D eigenvalue weighted by Crippen LogP contribution is -2.77. The summed E-state index contributed by atoms with van der Waals surface area (Å²) in [7, 11) is 0. The Morgan fingerprint density at radius 1 is 1.24 bits per heavy atom. The maximum atomic E-state index is 12.9.